The third kappa shape index (κ3) is 4.42. The van der Waals surface area contributed by atoms with Gasteiger partial charge in [-0.3, -0.25) is 9.55 Å². The fraction of sp³-hybridized carbons (Fsp3) is 0.500. The van der Waals surface area contributed by atoms with Crippen LogP contribution in [-0.4, -0.2) is 31.3 Å². The summed E-state index contributed by atoms with van der Waals surface area (Å²) in [5.74, 6) is -0.525. The van der Waals surface area contributed by atoms with E-state index >= 15 is 0 Å². The maximum atomic E-state index is 12.4. The molecule has 19 heavy (non-hydrogen) atoms. The zero-order valence-corrected chi connectivity index (χ0v) is 12.2. The summed E-state index contributed by atoms with van der Waals surface area (Å²) in [5, 5.41) is 0. The minimum Gasteiger partial charge on any atom is -0.465 e. The highest BCUT2D eigenvalue weighted by Crippen LogP contribution is 2.51. The van der Waals surface area contributed by atoms with Crippen LogP contribution in [0.3, 0.4) is 0 Å². The third-order valence-corrected chi connectivity index (χ3v) is 4.28. The number of methoxy groups -OCH3 is 1. The Balaban J connectivity index is 3.03. The lowest BCUT2D eigenvalue weighted by Crippen LogP contribution is -2.09. The summed E-state index contributed by atoms with van der Waals surface area (Å²) in [5.41, 5.74) is 0.615. The van der Waals surface area contributed by atoms with Crippen LogP contribution in [0, 0.1) is 0 Å². The molecular weight excluding hydrogens is 269 g/mol. The summed E-state index contributed by atoms with van der Waals surface area (Å²) in [6.45, 7) is 3.98. The van der Waals surface area contributed by atoms with Crippen LogP contribution in [-0.2, 0) is 24.5 Å². The first-order valence-electron chi connectivity index (χ1n) is 5.96. The minimum absolute atomic E-state index is 0.0556. The fourth-order valence-corrected chi connectivity index (χ4v) is 3.23. The van der Waals surface area contributed by atoms with Gasteiger partial charge in [-0.15, -0.1) is 0 Å². The van der Waals surface area contributed by atoms with Crippen molar-refractivity contribution < 1.29 is 23.1 Å². The Morgan fingerprint density at radius 2 is 1.95 bits per heavy atom. The minimum atomic E-state index is -3.29. The second kappa shape index (κ2) is 7.38. The molecule has 1 aromatic heterocycles. The highest BCUT2D eigenvalue weighted by Gasteiger charge is 2.27. The Morgan fingerprint density at radius 1 is 1.32 bits per heavy atom. The number of carbonyl (C=O) groups excluding carboxylic acids is 1. The molecule has 7 heteroatoms. The number of carbonyl (C=O) groups is 1. The molecule has 106 valence electrons. The van der Waals surface area contributed by atoms with Gasteiger partial charge >= 0.3 is 13.6 Å². The fourth-order valence-electron chi connectivity index (χ4n) is 1.57. The van der Waals surface area contributed by atoms with Crippen molar-refractivity contribution in [3.63, 3.8) is 0 Å². The second-order valence-corrected chi connectivity index (χ2v) is 5.65. The largest absolute Gasteiger partial charge is 0.465 e. The van der Waals surface area contributed by atoms with E-state index in [2.05, 4.69) is 9.72 Å². The van der Waals surface area contributed by atoms with E-state index < -0.39 is 13.6 Å². The van der Waals surface area contributed by atoms with Crippen molar-refractivity contribution in [2.45, 2.75) is 20.0 Å². The summed E-state index contributed by atoms with van der Waals surface area (Å²) in [6.07, 6.45) is 1.46. The zero-order valence-electron chi connectivity index (χ0n) is 11.3. The lowest BCUT2D eigenvalue weighted by molar-refractivity contribution is 0.0599. The smallest absolute Gasteiger partial charge is 0.339 e. The molecule has 0 atom stereocenters. The molecule has 0 aliphatic carbocycles. The van der Waals surface area contributed by atoms with Gasteiger partial charge in [0.05, 0.1) is 37.7 Å². The lowest BCUT2D eigenvalue weighted by Gasteiger charge is -2.17. The number of rotatable bonds is 7. The molecule has 0 radical (unpaired) electrons. The van der Waals surface area contributed by atoms with Crippen LogP contribution in [0.4, 0.5) is 0 Å². The number of aromatic nitrogens is 1. The third-order valence-electron chi connectivity index (χ3n) is 2.29. The van der Waals surface area contributed by atoms with Gasteiger partial charge in [-0.2, -0.15) is 0 Å². The molecule has 0 spiro atoms. The summed E-state index contributed by atoms with van der Waals surface area (Å²) in [7, 11) is -2.01. The van der Waals surface area contributed by atoms with Gasteiger partial charge in [0.15, 0.2) is 0 Å². The Kier molecular flexibility index (Phi) is 6.15. The van der Waals surface area contributed by atoms with E-state index in [-0.39, 0.29) is 24.9 Å². The Bertz CT molecular complexity index is 467. The molecule has 0 aliphatic rings. The number of esters is 1. The topological polar surface area (TPSA) is 74.7 Å². The highest BCUT2D eigenvalue weighted by molar-refractivity contribution is 7.53. The summed E-state index contributed by atoms with van der Waals surface area (Å²) in [6, 6.07) is 3.18. The molecule has 0 N–H and O–H groups in total. The zero-order chi connectivity index (χ0) is 14.3. The van der Waals surface area contributed by atoms with Gasteiger partial charge in [0.1, 0.15) is 0 Å². The van der Waals surface area contributed by atoms with E-state index in [1.165, 1.54) is 13.3 Å². The quantitative estimate of drug-likeness (QED) is 0.567. The predicted octanol–water partition coefficient (Wildman–Crippen LogP) is 2.63. The van der Waals surface area contributed by atoms with Gasteiger partial charge in [-0.1, -0.05) is 0 Å². The van der Waals surface area contributed by atoms with Crippen LogP contribution in [0.1, 0.15) is 29.9 Å². The van der Waals surface area contributed by atoms with Crippen molar-refractivity contribution in [1.82, 2.24) is 4.98 Å². The number of hydrogen-bond acceptors (Lipinski definition) is 6. The molecule has 0 saturated carbocycles. The van der Waals surface area contributed by atoms with Crippen molar-refractivity contribution >= 4 is 13.6 Å². The van der Waals surface area contributed by atoms with Crippen molar-refractivity contribution in [3.8, 4) is 0 Å². The van der Waals surface area contributed by atoms with Gasteiger partial charge in [0, 0.05) is 6.20 Å². The van der Waals surface area contributed by atoms with E-state index in [4.69, 9.17) is 9.05 Å². The second-order valence-electron chi connectivity index (χ2n) is 3.59. The van der Waals surface area contributed by atoms with E-state index in [0.29, 0.717) is 5.69 Å². The first-order valence-corrected chi connectivity index (χ1v) is 7.69. The van der Waals surface area contributed by atoms with Gasteiger partial charge in [0.2, 0.25) is 0 Å². The molecule has 0 saturated heterocycles. The lowest BCUT2D eigenvalue weighted by atomic mass is 10.2. The van der Waals surface area contributed by atoms with Gasteiger partial charge < -0.3 is 13.8 Å². The van der Waals surface area contributed by atoms with E-state index in [9.17, 15) is 9.36 Å². The highest BCUT2D eigenvalue weighted by atomic mass is 31.2. The van der Waals surface area contributed by atoms with Crippen molar-refractivity contribution in [2.24, 2.45) is 0 Å². The van der Waals surface area contributed by atoms with Crippen LogP contribution in [0.15, 0.2) is 18.3 Å². The van der Waals surface area contributed by atoms with E-state index in [1.54, 1.807) is 26.0 Å². The van der Waals surface area contributed by atoms with Gasteiger partial charge in [-0.25, -0.2) is 4.79 Å². The average Bonchev–Trinajstić information content (AvgIpc) is 2.39. The molecule has 1 rings (SSSR count). The number of ether oxygens (including phenoxy) is 1. The molecule has 0 aliphatic heterocycles. The van der Waals surface area contributed by atoms with Crippen molar-refractivity contribution in [3.05, 3.63) is 29.6 Å². The monoisotopic (exact) mass is 287 g/mol. The molecular formula is C12H18NO5P. The van der Waals surface area contributed by atoms with Crippen LogP contribution in [0.25, 0.3) is 0 Å². The summed E-state index contributed by atoms with van der Waals surface area (Å²) >= 11 is 0. The first kappa shape index (κ1) is 15.8. The van der Waals surface area contributed by atoms with E-state index in [0.717, 1.165) is 0 Å². The van der Waals surface area contributed by atoms with Gasteiger partial charge in [0.25, 0.3) is 0 Å². The summed E-state index contributed by atoms with van der Waals surface area (Å²) < 4.78 is 27.4. The predicted molar refractivity (Wildman–Crippen MR) is 70.1 cm³/mol. The van der Waals surface area contributed by atoms with Gasteiger partial charge in [-0.05, 0) is 26.0 Å². The Morgan fingerprint density at radius 3 is 2.47 bits per heavy atom. The molecule has 1 heterocycles. The van der Waals surface area contributed by atoms with Crippen molar-refractivity contribution in [2.75, 3.05) is 20.3 Å². The normalized spacial score (nSPS) is 11.3. The molecule has 0 aromatic carbocycles. The first-order chi connectivity index (χ1) is 9.06. The SMILES string of the molecule is CCOP(=O)(Cc1ncccc1C(=O)OC)OCC. The van der Waals surface area contributed by atoms with E-state index in [1.807, 2.05) is 0 Å². The molecule has 0 unspecified atom stereocenters. The molecule has 0 amide bonds. The average molecular weight is 287 g/mol. The maximum absolute atomic E-state index is 12.4. The van der Waals surface area contributed by atoms with Crippen molar-refractivity contribution in [1.29, 1.82) is 0 Å². The summed E-state index contributed by atoms with van der Waals surface area (Å²) in [4.78, 5) is 15.7. The number of hydrogen-bond donors (Lipinski definition) is 0. The molecule has 0 bridgehead atoms. The molecule has 0 fully saturated rings. The molecule has 6 nitrogen and oxygen atoms in total. The van der Waals surface area contributed by atoms with Crippen LogP contribution in [0.5, 0.6) is 0 Å². The Hall–Kier alpha value is -1.23. The van der Waals surface area contributed by atoms with Crippen LogP contribution in [0.2, 0.25) is 0 Å². The van der Waals surface area contributed by atoms with Crippen LogP contribution < -0.4 is 0 Å². The van der Waals surface area contributed by atoms with Crippen LogP contribution >= 0.6 is 7.60 Å². The number of nitrogens with zero attached hydrogens (tertiary/aromatic N) is 1. The molecule has 1 aromatic rings. The Labute approximate surface area is 112 Å². The maximum Gasteiger partial charge on any atom is 0.339 e. The standard InChI is InChI=1S/C12H18NO5P/c1-4-17-19(15,18-5-2)9-11-10(12(14)16-3)7-6-8-13-11/h6-8H,4-5,9H2,1-3H3. The number of pyridine rings is 1.